The molecule has 1 saturated heterocycles. The summed E-state index contributed by atoms with van der Waals surface area (Å²) in [5.74, 6) is 0.00258. The van der Waals surface area contributed by atoms with Crippen molar-refractivity contribution in [3.63, 3.8) is 0 Å². The molecule has 1 fully saturated rings. The average Bonchev–Trinajstić information content (AvgIpc) is 2.76. The van der Waals surface area contributed by atoms with Gasteiger partial charge in [-0.1, -0.05) is 0 Å². The summed E-state index contributed by atoms with van der Waals surface area (Å²) in [5.41, 5.74) is 6.00. The Hall–Kier alpha value is -1.24. The third-order valence-corrected chi connectivity index (χ3v) is 3.34. The Morgan fingerprint density at radius 3 is 2.84 bits per heavy atom. The molecule has 0 bridgehead atoms. The molecule has 2 rings (SSSR count). The van der Waals surface area contributed by atoms with Crippen LogP contribution in [0.3, 0.4) is 0 Å². The van der Waals surface area contributed by atoms with Crippen LogP contribution in [0.5, 0.6) is 0 Å². The zero-order chi connectivity index (χ0) is 13.1. The van der Waals surface area contributed by atoms with Crippen molar-refractivity contribution in [2.24, 2.45) is 11.7 Å². The first-order valence-electron chi connectivity index (χ1n) is 5.95. The Morgan fingerprint density at radius 1 is 1.53 bits per heavy atom. The van der Waals surface area contributed by atoms with Gasteiger partial charge in [0.05, 0.1) is 4.92 Å². The van der Waals surface area contributed by atoms with Crippen LogP contribution in [0.15, 0.2) is 18.2 Å². The van der Waals surface area contributed by atoms with E-state index in [0.29, 0.717) is 24.6 Å². The second kappa shape index (κ2) is 6.79. The predicted octanol–water partition coefficient (Wildman–Crippen LogP) is 1.94. The van der Waals surface area contributed by atoms with Crippen LogP contribution in [0.1, 0.15) is 12.0 Å². The first kappa shape index (κ1) is 15.8. The maximum atomic E-state index is 13.2. The van der Waals surface area contributed by atoms with Gasteiger partial charge in [0.2, 0.25) is 0 Å². The lowest BCUT2D eigenvalue weighted by molar-refractivity contribution is -0.385. The molecular formula is C12H17ClFN3O2. The van der Waals surface area contributed by atoms with E-state index >= 15 is 0 Å². The maximum absolute atomic E-state index is 13.2. The fourth-order valence-corrected chi connectivity index (χ4v) is 2.35. The van der Waals surface area contributed by atoms with Gasteiger partial charge in [0.15, 0.2) is 0 Å². The molecule has 0 saturated carbocycles. The van der Waals surface area contributed by atoms with Crippen LogP contribution in [0.4, 0.5) is 10.1 Å². The van der Waals surface area contributed by atoms with E-state index in [-0.39, 0.29) is 18.1 Å². The van der Waals surface area contributed by atoms with E-state index in [2.05, 4.69) is 4.90 Å². The number of benzene rings is 1. The first-order valence-corrected chi connectivity index (χ1v) is 5.95. The highest BCUT2D eigenvalue weighted by Crippen LogP contribution is 2.24. The minimum absolute atomic E-state index is 0. The Balaban J connectivity index is 0.00000180. The number of nitro groups is 1. The smallest absolute Gasteiger partial charge is 0.274 e. The predicted molar refractivity (Wildman–Crippen MR) is 72.7 cm³/mol. The highest BCUT2D eigenvalue weighted by molar-refractivity contribution is 5.85. The van der Waals surface area contributed by atoms with Crippen molar-refractivity contribution in [1.82, 2.24) is 4.90 Å². The molecule has 0 amide bonds. The molecule has 1 atom stereocenters. The van der Waals surface area contributed by atoms with Crippen molar-refractivity contribution in [3.8, 4) is 0 Å². The van der Waals surface area contributed by atoms with E-state index < -0.39 is 10.7 Å². The molecule has 1 aromatic rings. The van der Waals surface area contributed by atoms with Gasteiger partial charge in [-0.3, -0.25) is 15.0 Å². The molecule has 0 aliphatic carbocycles. The fourth-order valence-electron chi connectivity index (χ4n) is 2.35. The fraction of sp³-hybridized carbons (Fsp3) is 0.500. The monoisotopic (exact) mass is 289 g/mol. The van der Waals surface area contributed by atoms with E-state index in [0.717, 1.165) is 25.6 Å². The summed E-state index contributed by atoms with van der Waals surface area (Å²) in [5, 5.41) is 10.9. The van der Waals surface area contributed by atoms with Gasteiger partial charge in [-0.2, -0.15) is 0 Å². The highest BCUT2D eigenvalue weighted by atomic mass is 35.5. The van der Waals surface area contributed by atoms with Crippen molar-refractivity contribution in [2.75, 3.05) is 19.6 Å². The Bertz CT molecular complexity index is 459. The molecule has 1 unspecified atom stereocenters. The molecular weight excluding hydrogens is 273 g/mol. The molecule has 7 heteroatoms. The molecule has 1 aliphatic heterocycles. The Kier molecular flexibility index (Phi) is 5.65. The summed E-state index contributed by atoms with van der Waals surface area (Å²) in [6.07, 6.45) is 1.000. The van der Waals surface area contributed by atoms with Crippen LogP contribution in [-0.2, 0) is 6.54 Å². The highest BCUT2D eigenvalue weighted by Gasteiger charge is 2.24. The molecule has 106 valence electrons. The van der Waals surface area contributed by atoms with Crippen molar-refractivity contribution in [3.05, 3.63) is 39.7 Å². The number of hydrogen-bond acceptors (Lipinski definition) is 4. The summed E-state index contributed by atoms with van der Waals surface area (Å²) in [4.78, 5) is 12.5. The lowest BCUT2D eigenvalue weighted by atomic mass is 10.1. The van der Waals surface area contributed by atoms with E-state index in [1.54, 1.807) is 0 Å². The van der Waals surface area contributed by atoms with Gasteiger partial charge in [0.25, 0.3) is 5.69 Å². The summed E-state index contributed by atoms with van der Waals surface area (Å²) < 4.78 is 13.2. The molecule has 19 heavy (non-hydrogen) atoms. The number of rotatable bonds is 4. The van der Waals surface area contributed by atoms with Gasteiger partial charge in [-0.25, -0.2) is 4.39 Å². The molecule has 0 radical (unpaired) electrons. The second-order valence-electron chi connectivity index (χ2n) is 4.66. The van der Waals surface area contributed by atoms with E-state index in [1.807, 2.05) is 0 Å². The third-order valence-electron chi connectivity index (χ3n) is 3.34. The van der Waals surface area contributed by atoms with Crippen molar-refractivity contribution in [1.29, 1.82) is 0 Å². The van der Waals surface area contributed by atoms with Gasteiger partial charge in [0, 0.05) is 24.7 Å². The largest absolute Gasteiger partial charge is 0.330 e. The van der Waals surface area contributed by atoms with E-state index in [1.165, 1.54) is 12.1 Å². The Morgan fingerprint density at radius 2 is 2.26 bits per heavy atom. The molecule has 2 N–H and O–H groups in total. The van der Waals surface area contributed by atoms with Crippen molar-refractivity contribution in [2.45, 2.75) is 13.0 Å². The molecule has 5 nitrogen and oxygen atoms in total. The quantitative estimate of drug-likeness (QED) is 0.679. The molecule has 1 aliphatic rings. The van der Waals surface area contributed by atoms with E-state index in [9.17, 15) is 14.5 Å². The minimum atomic E-state index is -0.467. The lowest BCUT2D eigenvalue weighted by Crippen LogP contribution is -2.23. The van der Waals surface area contributed by atoms with Gasteiger partial charge < -0.3 is 5.73 Å². The standard InChI is InChI=1S/C12H16FN3O2.ClH/c13-11-1-2-12(16(17)18)10(5-11)8-15-4-3-9(6-14)7-15;/h1-2,5,9H,3-4,6-8,14H2;1H. The molecule has 0 spiro atoms. The van der Waals surface area contributed by atoms with Crippen LogP contribution in [0.25, 0.3) is 0 Å². The summed E-state index contributed by atoms with van der Waals surface area (Å²) in [6, 6.07) is 3.59. The maximum Gasteiger partial charge on any atom is 0.274 e. The van der Waals surface area contributed by atoms with Crippen LogP contribution in [0, 0.1) is 21.8 Å². The van der Waals surface area contributed by atoms with Crippen molar-refractivity contribution >= 4 is 18.1 Å². The zero-order valence-corrected chi connectivity index (χ0v) is 11.2. The number of halogens is 2. The van der Waals surface area contributed by atoms with E-state index in [4.69, 9.17) is 5.73 Å². The zero-order valence-electron chi connectivity index (χ0n) is 10.4. The first-order chi connectivity index (χ1) is 8.60. The van der Waals surface area contributed by atoms with Gasteiger partial charge >= 0.3 is 0 Å². The topological polar surface area (TPSA) is 72.4 Å². The van der Waals surface area contributed by atoms with Gasteiger partial charge in [-0.05, 0) is 37.6 Å². The van der Waals surface area contributed by atoms with Gasteiger partial charge in [-0.15, -0.1) is 12.4 Å². The minimum Gasteiger partial charge on any atom is -0.330 e. The number of hydrogen-bond donors (Lipinski definition) is 1. The number of likely N-dealkylation sites (tertiary alicyclic amines) is 1. The SMILES string of the molecule is Cl.NCC1CCN(Cc2cc(F)ccc2[N+](=O)[O-])C1. The molecule has 1 heterocycles. The summed E-state index contributed by atoms with van der Waals surface area (Å²) >= 11 is 0. The van der Waals surface area contributed by atoms with Crippen LogP contribution < -0.4 is 5.73 Å². The molecule has 1 aromatic carbocycles. The normalized spacial score (nSPS) is 19.2. The second-order valence-corrected chi connectivity index (χ2v) is 4.66. The van der Waals surface area contributed by atoms with Crippen LogP contribution >= 0.6 is 12.4 Å². The number of nitrogens with two attached hydrogens (primary N) is 1. The Labute approximate surface area is 117 Å². The van der Waals surface area contributed by atoms with Crippen LogP contribution in [0.2, 0.25) is 0 Å². The van der Waals surface area contributed by atoms with Crippen LogP contribution in [-0.4, -0.2) is 29.5 Å². The van der Waals surface area contributed by atoms with Crippen molar-refractivity contribution < 1.29 is 9.31 Å². The third kappa shape index (κ3) is 3.86. The summed E-state index contributed by atoms with van der Waals surface area (Å²) in [7, 11) is 0. The molecule has 0 aromatic heterocycles. The number of nitrogens with zero attached hydrogens (tertiary/aromatic N) is 2. The summed E-state index contributed by atoms with van der Waals surface area (Å²) in [6.45, 7) is 2.71. The average molecular weight is 290 g/mol. The lowest BCUT2D eigenvalue weighted by Gasteiger charge is -2.15. The van der Waals surface area contributed by atoms with Gasteiger partial charge in [0.1, 0.15) is 5.82 Å². The number of nitro benzene ring substituents is 1.